The standard InChI is InChI=1S/C22H19ClN2O3S/c1-28-19-7-3-6-18(13-19)24-21(26)14-29-20-10-8-17(9-11-20)25-22(27)15-4-2-5-16(23)12-15/h2-13H,14H2,1H3,(H,24,26)(H,25,27). The van der Waals surface area contributed by atoms with Gasteiger partial charge in [-0.25, -0.2) is 0 Å². The van der Waals surface area contributed by atoms with E-state index < -0.39 is 0 Å². The van der Waals surface area contributed by atoms with Crippen LogP contribution < -0.4 is 15.4 Å². The van der Waals surface area contributed by atoms with E-state index in [2.05, 4.69) is 10.6 Å². The molecule has 0 aromatic heterocycles. The van der Waals surface area contributed by atoms with Crippen LogP contribution in [-0.2, 0) is 4.79 Å². The van der Waals surface area contributed by atoms with Crippen LogP contribution in [0.2, 0.25) is 5.02 Å². The third-order valence-corrected chi connectivity index (χ3v) is 5.17. The summed E-state index contributed by atoms with van der Waals surface area (Å²) in [5.41, 5.74) is 1.85. The lowest BCUT2D eigenvalue weighted by molar-refractivity contribution is -0.113. The summed E-state index contributed by atoms with van der Waals surface area (Å²) in [5, 5.41) is 6.17. The summed E-state index contributed by atoms with van der Waals surface area (Å²) >= 11 is 7.33. The SMILES string of the molecule is COc1cccc(NC(=O)CSc2ccc(NC(=O)c3cccc(Cl)c3)cc2)c1. The Morgan fingerprint density at radius 3 is 2.41 bits per heavy atom. The number of benzene rings is 3. The van der Waals surface area contributed by atoms with Crippen molar-refractivity contribution in [1.29, 1.82) is 0 Å². The Labute approximate surface area is 178 Å². The highest BCUT2D eigenvalue weighted by molar-refractivity contribution is 8.00. The molecule has 0 aliphatic heterocycles. The van der Waals surface area contributed by atoms with E-state index in [0.717, 1.165) is 4.90 Å². The molecule has 0 aliphatic rings. The first-order valence-electron chi connectivity index (χ1n) is 8.77. The van der Waals surface area contributed by atoms with Crippen molar-refractivity contribution in [3.8, 4) is 5.75 Å². The highest BCUT2D eigenvalue weighted by Gasteiger charge is 2.08. The van der Waals surface area contributed by atoms with E-state index in [4.69, 9.17) is 16.3 Å². The number of hydrogen-bond donors (Lipinski definition) is 2. The van der Waals surface area contributed by atoms with E-state index in [1.54, 1.807) is 49.6 Å². The van der Waals surface area contributed by atoms with Gasteiger partial charge in [-0.2, -0.15) is 0 Å². The average molecular weight is 427 g/mol. The van der Waals surface area contributed by atoms with E-state index in [-0.39, 0.29) is 17.6 Å². The van der Waals surface area contributed by atoms with Crippen LogP contribution in [0.15, 0.2) is 77.7 Å². The van der Waals surface area contributed by atoms with Gasteiger partial charge in [0.2, 0.25) is 5.91 Å². The lowest BCUT2D eigenvalue weighted by atomic mass is 10.2. The average Bonchev–Trinajstić information content (AvgIpc) is 2.73. The molecule has 7 heteroatoms. The molecule has 29 heavy (non-hydrogen) atoms. The fraction of sp³-hybridized carbons (Fsp3) is 0.0909. The van der Waals surface area contributed by atoms with Gasteiger partial charge in [0.25, 0.3) is 5.91 Å². The second-order valence-corrected chi connectivity index (χ2v) is 7.54. The quantitative estimate of drug-likeness (QED) is 0.501. The van der Waals surface area contributed by atoms with E-state index >= 15 is 0 Å². The van der Waals surface area contributed by atoms with E-state index in [1.165, 1.54) is 11.8 Å². The van der Waals surface area contributed by atoms with Crippen molar-refractivity contribution in [2.75, 3.05) is 23.5 Å². The molecule has 2 amide bonds. The van der Waals surface area contributed by atoms with Crippen molar-refractivity contribution in [3.05, 3.63) is 83.4 Å². The summed E-state index contributed by atoms with van der Waals surface area (Å²) in [6.45, 7) is 0. The Hall–Kier alpha value is -2.96. The van der Waals surface area contributed by atoms with Crippen LogP contribution in [0.5, 0.6) is 5.75 Å². The van der Waals surface area contributed by atoms with Gasteiger partial charge < -0.3 is 15.4 Å². The molecule has 3 aromatic rings. The number of carbonyl (C=O) groups excluding carboxylic acids is 2. The zero-order valence-electron chi connectivity index (χ0n) is 15.6. The molecule has 0 bridgehead atoms. The molecule has 0 heterocycles. The van der Waals surface area contributed by atoms with Crippen molar-refractivity contribution < 1.29 is 14.3 Å². The Morgan fingerprint density at radius 1 is 0.931 bits per heavy atom. The zero-order chi connectivity index (χ0) is 20.6. The third kappa shape index (κ3) is 6.27. The lowest BCUT2D eigenvalue weighted by Gasteiger charge is -2.08. The van der Waals surface area contributed by atoms with Gasteiger partial charge in [-0.3, -0.25) is 9.59 Å². The molecular weight excluding hydrogens is 408 g/mol. The first-order chi connectivity index (χ1) is 14.0. The summed E-state index contributed by atoms with van der Waals surface area (Å²) in [5.74, 6) is 0.615. The predicted octanol–water partition coefficient (Wildman–Crippen LogP) is 5.33. The van der Waals surface area contributed by atoms with Crippen LogP contribution in [0.3, 0.4) is 0 Å². The maximum Gasteiger partial charge on any atom is 0.255 e. The number of nitrogens with one attached hydrogen (secondary N) is 2. The van der Waals surface area contributed by atoms with Crippen molar-refractivity contribution in [3.63, 3.8) is 0 Å². The Bertz CT molecular complexity index is 1010. The van der Waals surface area contributed by atoms with Crippen molar-refractivity contribution in [1.82, 2.24) is 0 Å². The van der Waals surface area contributed by atoms with Crippen LogP contribution in [0.1, 0.15) is 10.4 Å². The minimum Gasteiger partial charge on any atom is -0.497 e. The number of methoxy groups -OCH3 is 1. The van der Waals surface area contributed by atoms with Crippen LogP contribution in [0.25, 0.3) is 0 Å². The second kappa shape index (κ2) is 10.0. The van der Waals surface area contributed by atoms with Crippen LogP contribution in [0.4, 0.5) is 11.4 Å². The normalized spacial score (nSPS) is 10.3. The molecule has 148 valence electrons. The van der Waals surface area contributed by atoms with Gasteiger partial charge >= 0.3 is 0 Å². The second-order valence-electron chi connectivity index (χ2n) is 6.06. The lowest BCUT2D eigenvalue weighted by Crippen LogP contribution is -2.14. The molecule has 2 N–H and O–H groups in total. The summed E-state index contributed by atoms with van der Waals surface area (Å²) in [6.07, 6.45) is 0. The summed E-state index contributed by atoms with van der Waals surface area (Å²) in [4.78, 5) is 25.3. The van der Waals surface area contributed by atoms with E-state index in [1.807, 2.05) is 30.3 Å². The van der Waals surface area contributed by atoms with Gasteiger partial charge in [-0.15, -0.1) is 11.8 Å². The molecule has 3 aromatic carbocycles. The third-order valence-electron chi connectivity index (χ3n) is 3.92. The van der Waals surface area contributed by atoms with Crippen LogP contribution in [0, 0.1) is 0 Å². The largest absolute Gasteiger partial charge is 0.497 e. The van der Waals surface area contributed by atoms with Gasteiger partial charge in [0.15, 0.2) is 0 Å². The van der Waals surface area contributed by atoms with Crippen molar-refractivity contribution >= 4 is 46.6 Å². The number of thioether (sulfide) groups is 1. The summed E-state index contributed by atoms with van der Waals surface area (Å²) < 4.78 is 5.15. The smallest absolute Gasteiger partial charge is 0.255 e. The fourth-order valence-electron chi connectivity index (χ4n) is 2.51. The molecular formula is C22H19ClN2O3S. The first kappa shape index (κ1) is 20.8. The zero-order valence-corrected chi connectivity index (χ0v) is 17.2. The molecule has 0 saturated heterocycles. The molecule has 0 fully saturated rings. The van der Waals surface area contributed by atoms with Gasteiger partial charge in [0, 0.05) is 32.9 Å². The van der Waals surface area contributed by atoms with Gasteiger partial charge in [-0.05, 0) is 54.6 Å². The molecule has 0 unspecified atom stereocenters. The monoisotopic (exact) mass is 426 g/mol. The molecule has 0 atom stereocenters. The Balaban J connectivity index is 1.51. The van der Waals surface area contributed by atoms with Gasteiger partial charge in [0.1, 0.15) is 5.75 Å². The van der Waals surface area contributed by atoms with Gasteiger partial charge in [-0.1, -0.05) is 23.7 Å². The predicted molar refractivity (Wildman–Crippen MR) is 118 cm³/mol. The minimum absolute atomic E-state index is 0.110. The number of amides is 2. The van der Waals surface area contributed by atoms with Crippen molar-refractivity contribution in [2.24, 2.45) is 0 Å². The highest BCUT2D eigenvalue weighted by Crippen LogP contribution is 2.22. The molecule has 0 spiro atoms. The molecule has 3 rings (SSSR count). The maximum absolute atomic E-state index is 12.2. The number of anilines is 2. The first-order valence-corrected chi connectivity index (χ1v) is 10.1. The van der Waals surface area contributed by atoms with Gasteiger partial charge in [0.05, 0.1) is 12.9 Å². The number of ether oxygens (including phenoxy) is 1. The molecule has 0 radical (unpaired) electrons. The minimum atomic E-state index is -0.231. The molecule has 0 saturated carbocycles. The number of carbonyl (C=O) groups is 2. The fourth-order valence-corrected chi connectivity index (χ4v) is 3.40. The maximum atomic E-state index is 12.2. The number of halogens is 1. The van der Waals surface area contributed by atoms with E-state index in [0.29, 0.717) is 27.7 Å². The topological polar surface area (TPSA) is 67.4 Å². The number of hydrogen-bond acceptors (Lipinski definition) is 4. The van der Waals surface area contributed by atoms with Crippen LogP contribution in [-0.4, -0.2) is 24.7 Å². The van der Waals surface area contributed by atoms with E-state index in [9.17, 15) is 9.59 Å². The summed E-state index contributed by atoms with van der Waals surface area (Å²) in [6, 6.07) is 21.3. The summed E-state index contributed by atoms with van der Waals surface area (Å²) in [7, 11) is 1.58. The molecule has 0 aliphatic carbocycles. The number of rotatable bonds is 7. The Morgan fingerprint density at radius 2 is 1.69 bits per heavy atom. The molecule has 5 nitrogen and oxygen atoms in total. The highest BCUT2D eigenvalue weighted by atomic mass is 35.5. The van der Waals surface area contributed by atoms with Crippen LogP contribution >= 0.6 is 23.4 Å². The Kier molecular flexibility index (Phi) is 7.16. The van der Waals surface area contributed by atoms with Crippen molar-refractivity contribution in [2.45, 2.75) is 4.90 Å².